The molecule has 0 N–H and O–H groups in total. The number of cyclic esters (lactones) is 1. The van der Waals surface area contributed by atoms with Gasteiger partial charge in [-0.05, 0) is 25.5 Å². The highest BCUT2D eigenvalue weighted by Crippen LogP contribution is 2.32. The van der Waals surface area contributed by atoms with Gasteiger partial charge in [-0.2, -0.15) is 0 Å². The summed E-state index contributed by atoms with van der Waals surface area (Å²) in [5.41, 5.74) is -0.104. The number of ether oxygens (including phenoxy) is 6. The highest BCUT2D eigenvalue weighted by Gasteiger charge is 2.36. The molecule has 2 aromatic rings. The van der Waals surface area contributed by atoms with Gasteiger partial charge in [0.2, 0.25) is 5.75 Å². The van der Waals surface area contributed by atoms with Crippen LogP contribution in [0.5, 0.6) is 17.2 Å². The van der Waals surface area contributed by atoms with Crippen LogP contribution in [0.1, 0.15) is 37.2 Å². The number of esters is 2. The molecule has 10 heteroatoms. The van der Waals surface area contributed by atoms with Crippen LogP contribution in [0.15, 0.2) is 42.6 Å². The molecule has 2 heterocycles. The van der Waals surface area contributed by atoms with Crippen molar-refractivity contribution < 1.29 is 42.8 Å². The standard InChI is InChI=1S/C26H31NO9/c1-16-24(36-19-8-6-5-7-9-19)22(32-4)15-33-13-11-18(26(30)34-16)14-20(29)23-25(35-17(2)28)21(31-3)10-12-27-23/h5-10,12,16,18,22,24H,11,13-15H2,1-4H3/t16-,18+,22-,24-/m0/s1. The molecule has 1 aliphatic rings. The molecule has 0 saturated carbocycles. The van der Waals surface area contributed by atoms with E-state index in [0.29, 0.717) is 5.75 Å². The van der Waals surface area contributed by atoms with Gasteiger partial charge in [-0.1, -0.05) is 18.2 Å². The lowest BCUT2D eigenvalue weighted by Crippen LogP contribution is -2.47. The van der Waals surface area contributed by atoms with E-state index in [9.17, 15) is 14.4 Å². The average Bonchev–Trinajstić information content (AvgIpc) is 2.86. The van der Waals surface area contributed by atoms with Crippen LogP contribution in [0.25, 0.3) is 0 Å². The first kappa shape index (κ1) is 27.1. The quantitative estimate of drug-likeness (QED) is 0.394. The number of aromatic nitrogens is 1. The Labute approximate surface area is 209 Å². The van der Waals surface area contributed by atoms with Crippen LogP contribution in [0.3, 0.4) is 0 Å². The zero-order valence-corrected chi connectivity index (χ0v) is 20.8. The number of hydrogen-bond donors (Lipinski definition) is 0. The summed E-state index contributed by atoms with van der Waals surface area (Å²) in [6.45, 7) is 3.33. The van der Waals surface area contributed by atoms with Crippen molar-refractivity contribution in [3.8, 4) is 17.2 Å². The third-order valence-corrected chi connectivity index (χ3v) is 5.71. The Morgan fingerprint density at radius 3 is 2.56 bits per heavy atom. The summed E-state index contributed by atoms with van der Waals surface area (Å²) in [4.78, 5) is 41.9. The molecule has 1 aromatic heterocycles. The van der Waals surface area contributed by atoms with Crippen molar-refractivity contribution in [2.45, 2.75) is 45.0 Å². The molecular weight excluding hydrogens is 470 g/mol. The smallest absolute Gasteiger partial charge is 0.309 e. The highest BCUT2D eigenvalue weighted by molar-refractivity contribution is 6.00. The van der Waals surface area contributed by atoms with E-state index < -0.39 is 42.0 Å². The second kappa shape index (κ2) is 13.0. The summed E-state index contributed by atoms with van der Waals surface area (Å²) in [7, 11) is 2.92. The molecule has 1 fully saturated rings. The van der Waals surface area contributed by atoms with Gasteiger partial charge < -0.3 is 28.4 Å². The number of rotatable bonds is 8. The van der Waals surface area contributed by atoms with E-state index in [1.54, 1.807) is 26.2 Å². The van der Waals surface area contributed by atoms with E-state index >= 15 is 0 Å². The zero-order chi connectivity index (χ0) is 26.1. The second-order valence-corrected chi connectivity index (χ2v) is 8.28. The summed E-state index contributed by atoms with van der Waals surface area (Å²) in [5, 5.41) is 0. The van der Waals surface area contributed by atoms with E-state index in [0.717, 1.165) is 0 Å². The number of pyridine rings is 1. The molecule has 0 amide bonds. The van der Waals surface area contributed by atoms with Crippen LogP contribution in [0, 0.1) is 5.92 Å². The van der Waals surface area contributed by atoms with Gasteiger partial charge >= 0.3 is 11.9 Å². The maximum Gasteiger partial charge on any atom is 0.309 e. The van der Waals surface area contributed by atoms with E-state index in [4.69, 9.17) is 28.4 Å². The van der Waals surface area contributed by atoms with Crippen LogP contribution in [0.2, 0.25) is 0 Å². The summed E-state index contributed by atoms with van der Waals surface area (Å²) in [6, 6.07) is 10.6. The number of hydrogen-bond acceptors (Lipinski definition) is 10. The number of methoxy groups -OCH3 is 2. The van der Waals surface area contributed by atoms with Crippen molar-refractivity contribution >= 4 is 17.7 Å². The van der Waals surface area contributed by atoms with Crippen molar-refractivity contribution in [1.29, 1.82) is 0 Å². The van der Waals surface area contributed by atoms with Crippen molar-refractivity contribution in [2.75, 3.05) is 27.4 Å². The molecule has 1 aromatic carbocycles. The van der Waals surface area contributed by atoms with Gasteiger partial charge in [0.05, 0.1) is 19.6 Å². The fourth-order valence-electron chi connectivity index (χ4n) is 3.85. The fourth-order valence-corrected chi connectivity index (χ4v) is 3.85. The van der Waals surface area contributed by atoms with Crippen LogP contribution in [0.4, 0.5) is 0 Å². The van der Waals surface area contributed by atoms with Crippen LogP contribution in [-0.2, 0) is 23.8 Å². The Kier molecular flexibility index (Phi) is 9.77. The Hall–Kier alpha value is -3.50. The van der Waals surface area contributed by atoms with Gasteiger partial charge in [0.15, 0.2) is 23.3 Å². The molecule has 10 nitrogen and oxygen atoms in total. The number of ketones is 1. The van der Waals surface area contributed by atoms with Crippen molar-refractivity contribution in [2.24, 2.45) is 5.92 Å². The molecule has 1 saturated heterocycles. The minimum absolute atomic E-state index is 0.0883. The maximum absolute atomic E-state index is 13.2. The van der Waals surface area contributed by atoms with Gasteiger partial charge in [-0.3, -0.25) is 14.4 Å². The van der Waals surface area contributed by atoms with Crippen LogP contribution in [-0.4, -0.2) is 68.5 Å². The van der Waals surface area contributed by atoms with Crippen molar-refractivity contribution in [1.82, 2.24) is 4.98 Å². The Morgan fingerprint density at radius 1 is 1.14 bits per heavy atom. The molecule has 3 rings (SSSR count). The predicted molar refractivity (Wildman–Crippen MR) is 127 cm³/mol. The number of para-hydroxylation sites is 1. The van der Waals surface area contributed by atoms with E-state index in [2.05, 4.69) is 4.98 Å². The first-order chi connectivity index (χ1) is 17.3. The molecule has 4 atom stereocenters. The normalized spacial score (nSPS) is 22.7. The lowest BCUT2D eigenvalue weighted by molar-refractivity contribution is -0.168. The topological polar surface area (TPSA) is 119 Å². The molecule has 36 heavy (non-hydrogen) atoms. The first-order valence-corrected chi connectivity index (χ1v) is 11.6. The SMILES string of the molecule is COc1ccnc(C(=O)C[C@H]2CCOC[C@H](OC)[C@@H](Oc3ccccc3)[C@H](C)OC2=O)c1OC(C)=O. The molecule has 0 bridgehead atoms. The monoisotopic (exact) mass is 501 g/mol. The summed E-state index contributed by atoms with van der Waals surface area (Å²) in [6.07, 6.45) is -0.448. The van der Waals surface area contributed by atoms with Gasteiger partial charge in [-0.25, -0.2) is 4.98 Å². The zero-order valence-electron chi connectivity index (χ0n) is 20.8. The van der Waals surface area contributed by atoms with Crippen molar-refractivity contribution in [3.63, 3.8) is 0 Å². The average molecular weight is 502 g/mol. The predicted octanol–water partition coefficient (Wildman–Crippen LogP) is 3.02. The number of carbonyl (C=O) groups excluding carboxylic acids is 3. The van der Waals surface area contributed by atoms with Crippen molar-refractivity contribution in [3.05, 3.63) is 48.3 Å². The van der Waals surface area contributed by atoms with Gasteiger partial charge in [0.25, 0.3) is 0 Å². The molecular formula is C26H31NO9. The Bertz CT molecular complexity index is 1040. The fraction of sp³-hybridized carbons (Fsp3) is 0.462. The minimum Gasteiger partial charge on any atom is -0.493 e. The van der Waals surface area contributed by atoms with Crippen LogP contribution >= 0.6 is 0 Å². The summed E-state index contributed by atoms with van der Waals surface area (Å²) in [5.74, 6) is -1.82. The third kappa shape index (κ3) is 7.02. The molecule has 0 aliphatic carbocycles. The third-order valence-electron chi connectivity index (χ3n) is 5.71. The van der Waals surface area contributed by atoms with Gasteiger partial charge in [-0.15, -0.1) is 0 Å². The number of Topliss-reactive ketones (excluding diaryl/α,β-unsaturated/α-hetero) is 1. The Balaban J connectivity index is 1.79. The lowest BCUT2D eigenvalue weighted by atomic mass is 9.96. The number of benzene rings is 1. The molecule has 0 unspecified atom stereocenters. The van der Waals surface area contributed by atoms with Gasteiger partial charge in [0, 0.05) is 39.3 Å². The Morgan fingerprint density at radius 2 is 1.89 bits per heavy atom. The maximum atomic E-state index is 13.2. The largest absolute Gasteiger partial charge is 0.493 e. The summed E-state index contributed by atoms with van der Waals surface area (Å²) < 4.78 is 33.6. The lowest BCUT2D eigenvalue weighted by Gasteiger charge is -2.33. The number of nitrogens with zero attached hydrogens (tertiary/aromatic N) is 1. The molecule has 1 aliphatic heterocycles. The highest BCUT2D eigenvalue weighted by atomic mass is 16.6. The molecule has 194 valence electrons. The second-order valence-electron chi connectivity index (χ2n) is 8.28. The van der Waals surface area contributed by atoms with Crippen LogP contribution < -0.4 is 14.2 Å². The summed E-state index contributed by atoms with van der Waals surface area (Å²) >= 11 is 0. The number of carbonyl (C=O) groups is 3. The van der Waals surface area contributed by atoms with Gasteiger partial charge in [0.1, 0.15) is 18.0 Å². The van der Waals surface area contributed by atoms with E-state index in [1.807, 2.05) is 18.2 Å². The molecule has 0 spiro atoms. The van der Waals surface area contributed by atoms with E-state index in [1.165, 1.54) is 26.3 Å². The molecule has 0 radical (unpaired) electrons. The van der Waals surface area contributed by atoms with E-state index in [-0.39, 0.29) is 43.2 Å². The minimum atomic E-state index is -0.811. The first-order valence-electron chi connectivity index (χ1n) is 11.6.